The number of aromatic nitrogens is 2. The van der Waals surface area contributed by atoms with E-state index in [1.54, 1.807) is 24.1 Å². The molecular weight excluding hydrogens is 702 g/mol. The summed E-state index contributed by atoms with van der Waals surface area (Å²) >= 11 is 6.46. The number of anilines is 1. The molecule has 11 nitrogen and oxygen atoms in total. The van der Waals surface area contributed by atoms with Crippen molar-refractivity contribution in [3.8, 4) is 11.6 Å². The summed E-state index contributed by atoms with van der Waals surface area (Å²) in [6, 6.07) is 11.8. The van der Waals surface area contributed by atoms with Crippen molar-refractivity contribution in [3.05, 3.63) is 82.0 Å². The van der Waals surface area contributed by atoms with Crippen molar-refractivity contribution >= 4 is 39.0 Å². The molecule has 1 aromatic heterocycles. The summed E-state index contributed by atoms with van der Waals surface area (Å²) in [7, 11) is -0.347. The van der Waals surface area contributed by atoms with Gasteiger partial charge in [0.05, 0.1) is 37.3 Å². The molecule has 2 aliphatic heterocycles. The van der Waals surface area contributed by atoms with Gasteiger partial charge in [0.2, 0.25) is 5.88 Å². The van der Waals surface area contributed by atoms with E-state index in [0.717, 1.165) is 62.2 Å². The highest BCUT2D eigenvalue weighted by molar-refractivity contribution is 7.92. The first kappa shape index (κ1) is 35.2. The van der Waals surface area contributed by atoms with Crippen LogP contribution in [-0.2, 0) is 26.5 Å². The third kappa shape index (κ3) is 6.85. The zero-order valence-corrected chi connectivity index (χ0v) is 31.3. The minimum Gasteiger partial charge on any atom is -0.490 e. The van der Waals surface area contributed by atoms with Crippen LogP contribution >= 0.6 is 11.6 Å². The molecule has 52 heavy (non-hydrogen) atoms. The molecule has 5 aliphatic rings. The fourth-order valence-corrected chi connectivity index (χ4v) is 10.3. The molecule has 5 atom stereocenters. The van der Waals surface area contributed by atoms with Gasteiger partial charge in [-0.25, -0.2) is 4.21 Å². The maximum atomic E-state index is 14.5. The van der Waals surface area contributed by atoms with E-state index in [9.17, 15) is 13.8 Å². The third-order valence-electron chi connectivity index (χ3n) is 11.6. The summed E-state index contributed by atoms with van der Waals surface area (Å²) in [6.07, 6.45) is 13.8. The number of amides is 2. The van der Waals surface area contributed by atoms with Crippen LogP contribution < -0.4 is 19.1 Å². The van der Waals surface area contributed by atoms with Gasteiger partial charge in [-0.3, -0.25) is 19.0 Å². The number of nitrogens with zero attached hydrogens (tertiary/aromatic N) is 4. The Hall–Kier alpha value is -3.87. The molecule has 2 aromatic carbocycles. The van der Waals surface area contributed by atoms with Crippen LogP contribution in [0.4, 0.5) is 5.69 Å². The van der Waals surface area contributed by atoms with E-state index >= 15 is 0 Å². The van der Waals surface area contributed by atoms with Gasteiger partial charge in [-0.05, 0) is 111 Å². The second-order valence-corrected chi connectivity index (χ2v) is 17.5. The molecule has 8 rings (SSSR count). The number of carbonyl (C=O) groups is 2. The van der Waals surface area contributed by atoms with Gasteiger partial charge in [-0.2, -0.15) is 0 Å². The largest absolute Gasteiger partial charge is 0.490 e. The number of benzene rings is 2. The van der Waals surface area contributed by atoms with Gasteiger partial charge in [0.25, 0.3) is 11.8 Å². The topological polar surface area (TPSA) is 124 Å². The quantitative estimate of drug-likeness (QED) is 0.286. The Bertz CT molecular complexity index is 2040. The van der Waals surface area contributed by atoms with E-state index < -0.39 is 21.7 Å². The summed E-state index contributed by atoms with van der Waals surface area (Å²) in [4.78, 5) is 30.0. The van der Waals surface area contributed by atoms with E-state index in [-0.39, 0.29) is 40.3 Å². The summed E-state index contributed by atoms with van der Waals surface area (Å²) in [6.45, 7) is 1.99. The van der Waals surface area contributed by atoms with Crippen LogP contribution in [0.3, 0.4) is 0 Å². The molecule has 2 saturated carbocycles. The zero-order valence-electron chi connectivity index (χ0n) is 29.7. The Morgan fingerprint density at radius 2 is 1.98 bits per heavy atom. The molecule has 3 aliphatic carbocycles. The lowest BCUT2D eigenvalue weighted by Gasteiger charge is -2.46. The summed E-state index contributed by atoms with van der Waals surface area (Å²) in [5, 5.41) is 5.13. The molecular formula is C39H46ClN5O6S. The fraction of sp³-hybridized carbons (Fsp3) is 0.513. The SMILES string of the molecule is COc1nn(C2CC2)cc1C(=O)NS1(=O)=NC(=O)c2ccc3c(c2)N(C[C@@H]2CC[C@H]2[C@@H](OC)/C=C\CCC1)C[C@@]1(CCCc2cc(Cl)ccc21)CO3. The van der Waals surface area contributed by atoms with Crippen LogP contribution in [-0.4, -0.2) is 71.6 Å². The molecule has 1 N–H and O–H groups in total. The second-order valence-electron chi connectivity index (χ2n) is 15.0. The lowest BCUT2D eigenvalue weighted by Crippen LogP contribution is -2.49. The highest BCUT2D eigenvalue weighted by Gasteiger charge is 2.44. The number of fused-ring (bicyclic) bond motifs is 4. The molecule has 0 radical (unpaired) electrons. The van der Waals surface area contributed by atoms with E-state index in [1.165, 1.54) is 18.2 Å². The lowest BCUT2D eigenvalue weighted by atomic mass is 9.68. The van der Waals surface area contributed by atoms with Crippen LogP contribution in [0.25, 0.3) is 0 Å². The van der Waals surface area contributed by atoms with Crippen LogP contribution in [0.1, 0.15) is 89.3 Å². The lowest BCUT2D eigenvalue weighted by molar-refractivity contribution is 0.0132. The summed E-state index contributed by atoms with van der Waals surface area (Å²) < 4.78 is 41.2. The predicted octanol–water partition coefficient (Wildman–Crippen LogP) is 6.70. The van der Waals surface area contributed by atoms with Gasteiger partial charge in [0.15, 0.2) is 0 Å². The molecule has 1 unspecified atom stereocenters. The van der Waals surface area contributed by atoms with E-state index in [4.69, 9.17) is 25.8 Å². The summed E-state index contributed by atoms with van der Waals surface area (Å²) in [5.41, 5.74) is 3.52. The number of allylic oxidation sites excluding steroid dienone is 1. The number of halogens is 1. The van der Waals surface area contributed by atoms with Gasteiger partial charge < -0.3 is 19.1 Å². The molecule has 276 valence electrons. The van der Waals surface area contributed by atoms with Crippen LogP contribution in [0.5, 0.6) is 11.6 Å². The number of rotatable bonds is 5. The average molecular weight is 748 g/mol. The van der Waals surface area contributed by atoms with E-state index in [1.807, 2.05) is 18.2 Å². The maximum Gasteiger partial charge on any atom is 0.286 e. The van der Waals surface area contributed by atoms with Gasteiger partial charge in [0.1, 0.15) is 21.2 Å². The van der Waals surface area contributed by atoms with Gasteiger partial charge in [0, 0.05) is 42.4 Å². The normalized spacial score (nSPS) is 29.4. The van der Waals surface area contributed by atoms with Crippen molar-refractivity contribution in [2.45, 2.75) is 75.3 Å². The Kier molecular flexibility index (Phi) is 9.59. The Labute approximate surface area is 310 Å². The molecule has 2 fully saturated rings. The first-order valence-electron chi connectivity index (χ1n) is 18.4. The molecule has 0 saturated heterocycles. The molecule has 3 aromatic rings. The van der Waals surface area contributed by atoms with Crippen molar-refractivity contribution in [1.29, 1.82) is 0 Å². The number of hydrogen-bond donors (Lipinski definition) is 1. The smallest absolute Gasteiger partial charge is 0.286 e. The van der Waals surface area contributed by atoms with Gasteiger partial charge in [-0.15, -0.1) is 9.46 Å². The number of aryl methyl sites for hydroxylation is 1. The van der Waals surface area contributed by atoms with Crippen molar-refractivity contribution in [3.63, 3.8) is 0 Å². The van der Waals surface area contributed by atoms with Crippen molar-refractivity contribution in [2.75, 3.05) is 44.6 Å². The van der Waals surface area contributed by atoms with Crippen LogP contribution in [0.15, 0.2) is 59.1 Å². The molecule has 3 heterocycles. The minimum atomic E-state index is -3.55. The summed E-state index contributed by atoms with van der Waals surface area (Å²) in [5.74, 6) is 0.248. The first-order chi connectivity index (χ1) is 25.2. The number of nitrogens with one attached hydrogen (secondary N) is 1. The van der Waals surface area contributed by atoms with Crippen molar-refractivity contribution in [1.82, 2.24) is 14.5 Å². The van der Waals surface area contributed by atoms with Crippen LogP contribution in [0.2, 0.25) is 5.02 Å². The van der Waals surface area contributed by atoms with Crippen molar-refractivity contribution in [2.24, 2.45) is 16.2 Å². The van der Waals surface area contributed by atoms with Crippen molar-refractivity contribution < 1.29 is 28.0 Å². The third-order valence-corrected chi connectivity index (χ3v) is 13.6. The standard InChI is InChI=1S/C39H46ClN5O6S/c1-49-34-8-4-3-5-18-52(48,43-37(47)31-22-45(29-12-13-29)41-38(31)50-2)42-36(46)26-10-16-35-33(20-26)44(21-27-9-14-30(27)34)23-39(24-51-35)17-6-7-25-19-28(40)11-15-32(25)39/h4,8,10-11,15-16,19-20,22,27,29-30,34H,3,5-7,9,12-14,17-18,21,23-24H2,1-2H3,(H,42,43,46,47,48)/b8-4-/t27-,30+,34-,39-,52?/m0/s1. The highest BCUT2D eigenvalue weighted by Crippen LogP contribution is 2.47. The van der Waals surface area contributed by atoms with Crippen LogP contribution in [0, 0.1) is 11.8 Å². The second kappa shape index (κ2) is 14.2. The van der Waals surface area contributed by atoms with Gasteiger partial charge in [-0.1, -0.05) is 29.8 Å². The monoisotopic (exact) mass is 747 g/mol. The van der Waals surface area contributed by atoms with E-state index in [0.29, 0.717) is 43.6 Å². The molecule has 2 bridgehead atoms. The molecule has 1 spiro atoms. The number of carbonyl (C=O) groups excluding carboxylic acids is 2. The minimum absolute atomic E-state index is 0.0102. The average Bonchev–Trinajstić information content (AvgIpc) is 3.90. The molecule has 13 heteroatoms. The molecule has 2 amide bonds. The first-order valence-corrected chi connectivity index (χ1v) is 20.5. The number of hydrogen-bond acceptors (Lipinski definition) is 8. The zero-order chi connectivity index (χ0) is 36.0. The maximum absolute atomic E-state index is 14.5. The van der Waals surface area contributed by atoms with Gasteiger partial charge >= 0.3 is 0 Å². The Balaban J connectivity index is 1.17. The number of ether oxygens (including phenoxy) is 3. The Morgan fingerprint density at radius 3 is 2.75 bits per heavy atom. The fourth-order valence-electron chi connectivity index (χ4n) is 8.52. The predicted molar refractivity (Wildman–Crippen MR) is 200 cm³/mol. The van der Waals surface area contributed by atoms with E-state index in [2.05, 4.69) is 43.4 Å². The highest BCUT2D eigenvalue weighted by atomic mass is 35.5. The number of methoxy groups -OCH3 is 2. The Morgan fingerprint density at radius 1 is 1.12 bits per heavy atom.